The van der Waals surface area contributed by atoms with E-state index in [0.717, 1.165) is 18.4 Å². The van der Waals surface area contributed by atoms with Crippen molar-refractivity contribution in [2.24, 2.45) is 0 Å². The largest absolute Gasteiger partial charge is 0.465 e. The van der Waals surface area contributed by atoms with Gasteiger partial charge in [0.25, 0.3) is 0 Å². The predicted molar refractivity (Wildman–Crippen MR) is 68.1 cm³/mol. The van der Waals surface area contributed by atoms with E-state index >= 15 is 0 Å². The molecule has 0 aromatic heterocycles. The second-order valence-electron chi connectivity index (χ2n) is 5.08. The van der Waals surface area contributed by atoms with E-state index in [2.05, 4.69) is 38.1 Å². The molecule has 0 heterocycles. The number of rotatable bonds is 4. The molecule has 0 amide bonds. The fourth-order valence-corrected chi connectivity index (χ4v) is 2.19. The van der Waals surface area contributed by atoms with Gasteiger partial charge in [-0.25, -0.2) is 0 Å². The van der Waals surface area contributed by atoms with Gasteiger partial charge in [0, 0.05) is 0 Å². The van der Waals surface area contributed by atoms with Crippen LogP contribution in [0.5, 0.6) is 0 Å². The Labute approximate surface area is 103 Å². The van der Waals surface area contributed by atoms with Gasteiger partial charge in [-0.2, -0.15) is 0 Å². The van der Waals surface area contributed by atoms with Gasteiger partial charge in [-0.15, -0.1) is 0 Å². The van der Waals surface area contributed by atoms with Crippen LogP contribution in [0.3, 0.4) is 0 Å². The second-order valence-corrected chi connectivity index (χ2v) is 5.08. The first-order chi connectivity index (χ1) is 8.10. The normalized spacial score (nSPS) is 16.9. The topological polar surface area (TPSA) is 26.3 Å². The van der Waals surface area contributed by atoms with Crippen molar-refractivity contribution in [1.29, 1.82) is 0 Å². The van der Waals surface area contributed by atoms with Crippen molar-refractivity contribution in [3.63, 3.8) is 0 Å². The lowest BCUT2D eigenvalue weighted by molar-refractivity contribution is -0.146. The molecule has 2 heteroatoms. The number of esters is 1. The highest BCUT2D eigenvalue weighted by molar-refractivity contribution is 5.86. The smallest absolute Gasteiger partial charge is 0.316 e. The SMILES string of the molecule is CCOC(=O)C1(c2ccc(C(C)C)cc2)CC1. The molecule has 0 unspecified atom stereocenters. The summed E-state index contributed by atoms with van der Waals surface area (Å²) in [5, 5.41) is 0. The van der Waals surface area contributed by atoms with Crippen molar-refractivity contribution >= 4 is 5.97 Å². The molecule has 1 aliphatic rings. The molecule has 1 aromatic rings. The minimum Gasteiger partial charge on any atom is -0.465 e. The Morgan fingerprint density at radius 1 is 1.29 bits per heavy atom. The van der Waals surface area contributed by atoms with Crippen molar-refractivity contribution in [1.82, 2.24) is 0 Å². The summed E-state index contributed by atoms with van der Waals surface area (Å²) >= 11 is 0. The van der Waals surface area contributed by atoms with Crippen LogP contribution in [0.2, 0.25) is 0 Å². The summed E-state index contributed by atoms with van der Waals surface area (Å²) in [6.07, 6.45) is 1.85. The maximum atomic E-state index is 11.9. The number of ether oxygens (including phenoxy) is 1. The number of benzene rings is 1. The van der Waals surface area contributed by atoms with Crippen molar-refractivity contribution in [2.45, 2.75) is 44.9 Å². The zero-order valence-corrected chi connectivity index (χ0v) is 10.8. The Bertz CT molecular complexity index is 399. The molecule has 0 radical (unpaired) electrons. The molecule has 0 atom stereocenters. The molecule has 1 aliphatic carbocycles. The van der Waals surface area contributed by atoms with Crippen LogP contribution >= 0.6 is 0 Å². The van der Waals surface area contributed by atoms with Crippen LogP contribution in [-0.4, -0.2) is 12.6 Å². The highest BCUT2D eigenvalue weighted by atomic mass is 16.5. The van der Waals surface area contributed by atoms with Gasteiger partial charge in [0.05, 0.1) is 12.0 Å². The van der Waals surface area contributed by atoms with E-state index in [-0.39, 0.29) is 11.4 Å². The summed E-state index contributed by atoms with van der Waals surface area (Å²) in [6.45, 7) is 6.67. The second kappa shape index (κ2) is 4.52. The zero-order chi connectivity index (χ0) is 12.5. The molecule has 1 saturated carbocycles. The molecule has 1 fully saturated rings. The molecule has 17 heavy (non-hydrogen) atoms. The molecule has 0 bridgehead atoms. The maximum absolute atomic E-state index is 11.9. The monoisotopic (exact) mass is 232 g/mol. The summed E-state index contributed by atoms with van der Waals surface area (Å²) in [6, 6.07) is 8.41. The molecule has 2 rings (SSSR count). The van der Waals surface area contributed by atoms with Crippen molar-refractivity contribution in [3.8, 4) is 0 Å². The standard InChI is InChI=1S/C15H20O2/c1-4-17-14(16)15(9-10-15)13-7-5-12(6-8-13)11(2)3/h5-8,11H,4,9-10H2,1-3H3. The Hall–Kier alpha value is -1.31. The van der Waals surface area contributed by atoms with E-state index in [1.807, 2.05) is 6.92 Å². The predicted octanol–water partition coefficient (Wildman–Crippen LogP) is 3.40. The molecule has 1 aromatic carbocycles. The minimum absolute atomic E-state index is 0.0581. The van der Waals surface area contributed by atoms with E-state index < -0.39 is 0 Å². The van der Waals surface area contributed by atoms with E-state index in [9.17, 15) is 4.79 Å². The summed E-state index contributed by atoms with van der Waals surface area (Å²) in [4.78, 5) is 11.9. The average molecular weight is 232 g/mol. The molecule has 0 saturated heterocycles. The molecular weight excluding hydrogens is 212 g/mol. The van der Waals surface area contributed by atoms with Gasteiger partial charge in [0.15, 0.2) is 0 Å². The van der Waals surface area contributed by atoms with Crippen LogP contribution in [0.1, 0.15) is 50.7 Å². The number of hydrogen-bond donors (Lipinski definition) is 0. The molecular formula is C15H20O2. The highest BCUT2D eigenvalue weighted by Gasteiger charge is 2.52. The lowest BCUT2D eigenvalue weighted by Gasteiger charge is -2.15. The van der Waals surface area contributed by atoms with Crippen LogP contribution in [0, 0.1) is 0 Å². The fourth-order valence-electron chi connectivity index (χ4n) is 2.19. The number of carbonyl (C=O) groups excluding carboxylic acids is 1. The van der Waals surface area contributed by atoms with Crippen LogP contribution < -0.4 is 0 Å². The van der Waals surface area contributed by atoms with Crippen molar-refractivity contribution in [2.75, 3.05) is 6.61 Å². The Balaban J connectivity index is 2.20. The fraction of sp³-hybridized carbons (Fsp3) is 0.533. The van der Waals surface area contributed by atoms with Gasteiger partial charge in [0.2, 0.25) is 0 Å². The highest BCUT2D eigenvalue weighted by Crippen LogP contribution is 2.49. The van der Waals surface area contributed by atoms with Crippen LogP contribution in [-0.2, 0) is 14.9 Å². The van der Waals surface area contributed by atoms with Gasteiger partial charge in [-0.05, 0) is 36.8 Å². The van der Waals surface area contributed by atoms with Crippen LogP contribution in [0.25, 0.3) is 0 Å². The quantitative estimate of drug-likeness (QED) is 0.744. The van der Waals surface area contributed by atoms with Crippen molar-refractivity contribution < 1.29 is 9.53 Å². The first kappa shape index (κ1) is 12.2. The van der Waals surface area contributed by atoms with Gasteiger partial charge >= 0.3 is 5.97 Å². The molecule has 0 N–H and O–H groups in total. The van der Waals surface area contributed by atoms with Gasteiger partial charge < -0.3 is 4.74 Å². The van der Waals surface area contributed by atoms with Crippen LogP contribution in [0.15, 0.2) is 24.3 Å². The molecule has 92 valence electrons. The third-order valence-corrected chi connectivity index (χ3v) is 3.55. The van der Waals surface area contributed by atoms with Gasteiger partial charge in [-0.1, -0.05) is 38.1 Å². The third-order valence-electron chi connectivity index (χ3n) is 3.55. The summed E-state index contributed by atoms with van der Waals surface area (Å²) < 4.78 is 5.16. The Kier molecular flexibility index (Phi) is 3.23. The minimum atomic E-state index is -0.328. The Morgan fingerprint density at radius 3 is 2.29 bits per heavy atom. The third kappa shape index (κ3) is 2.21. The molecule has 0 spiro atoms. The zero-order valence-electron chi connectivity index (χ0n) is 10.8. The van der Waals surface area contributed by atoms with E-state index in [1.54, 1.807) is 0 Å². The van der Waals surface area contributed by atoms with Crippen LogP contribution in [0.4, 0.5) is 0 Å². The lowest BCUT2D eigenvalue weighted by Crippen LogP contribution is -2.23. The maximum Gasteiger partial charge on any atom is 0.316 e. The Morgan fingerprint density at radius 2 is 1.88 bits per heavy atom. The summed E-state index contributed by atoms with van der Waals surface area (Å²) in [7, 11) is 0. The lowest BCUT2D eigenvalue weighted by atomic mass is 9.93. The van der Waals surface area contributed by atoms with Crippen molar-refractivity contribution in [3.05, 3.63) is 35.4 Å². The molecule has 2 nitrogen and oxygen atoms in total. The van der Waals surface area contributed by atoms with E-state index in [4.69, 9.17) is 4.74 Å². The summed E-state index contributed by atoms with van der Waals surface area (Å²) in [5.41, 5.74) is 2.10. The van der Waals surface area contributed by atoms with E-state index in [0.29, 0.717) is 12.5 Å². The van der Waals surface area contributed by atoms with E-state index in [1.165, 1.54) is 5.56 Å². The molecule has 0 aliphatic heterocycles. The van der Waals surface area contributed by atoms with Gasteiger partial charge in [0.1, 0.15) is 0 Å². The van der Waals surface area contributed by atoms with Gasteiger partial charge in [-0.3, -0.25) is 4.79 Å². The number of hydrogen-bond acceptors (Lipinski definition) is 2. The first-order valence-corrected chi connectivity index (χ1v) is 6.38. The number of carbonyl (C=O) groups is 1. The average Bonchev–Trinajstić information content (AvgIpc) is 3.11. The summed E-state index contributed by atoms with van der Waals surface area (Å²) in [5.74, 6) is 0.471. The first-order valence-electron chi connectivity index (χ1n) is 6.38.